The molecule has 5 heteroatoms. The first-order valence-corrected chi connectivity index (χ1v) is 5.08. The van der Waals surface area contributed by atoms with Gasteiger partial charge in [-0.25, -0.2) is 0 Å². The van der Waals surface area contributed by atoms with Crippen molar-refractivity contribution < 1.29 is 14.3 Å². The van der Waals surface area contributed by atoms with Gasteiger partial charge in [-0.05, 0) is 30.5 Å². The van der Waals surface area contributed by atoms with E-state index >= 15 is 0 Å². The lowest BCUT2D eigenvalue weighted by atomic mass is 10.1. The van der Waals surface area contributed by atoms with Crippen LogP contribution in [-0.4, -0.2) is 23.7 Å². The number of carbonyl (C=O) groups is 1. The number of hydrogen-bond acceptors (Lipinski definition) is 3. The van der Waals surface area contributed by atoms with E-state index in [1.807, 2.05) is 13.8 Å². The maximum Gasteiger partial charge on any atom is 0.256 e. The first-order valence-electron chi connectivity index (χ1n) is 4.71. The van der Waals surface area contributed by atoms with Crippen molar-refractivity contribution in [2.24, 2.45) is 5.92 Å². The smallest absolute Gasteiger partial charge is 0.256 e. The molecule has 0 saturated heterocycles. The predicted octanol–water partition coefficient (Wildman–Crippen LogP) is 1.68. The Morgan fingerprint density at radius 3 is 2.80 bits per heavy atom. The summed E-state index contributed by atoms with van der Waals surface area (Å²) in [6, 6.07) is 1.39. The summed E-state index contributed by atoms with van der Waals surface area (Å²) in [5.74, 6) is -0.291. The van der Waals surface area contributed by atoms with E-state index in [0.29, 0.717) is 5.56 Å². The molecule has 2 unspecified atom stereocenters. The quantitative estimate of drug-likeness (QED) is 0.829. The highest BCUT2D eigenvalue weighted by atomic mass is 35.5. The Morgan fingerprint density at radius 2 is 2.33 bits per heavy atom. The minimum Gasteiger partial charge on any atom is -0.452 e. The summed E-state index contributed by atoms with van der Waals surface area (Å²) in [5.41, 5.74) is 0.314. The number of carbonyl (C=O) groups excluding carboxylic acids is 1. The Hall–Kier alpha value is -1.00. The summed E-state index contributed by atoms with van der Waals surface area (Å²) >= 11 is 5.65. The van der Waals surface area contributed by atoms with Crippen LogP contribution in [0.5, 0.6) is 0 Å². The zero-order valence-corrected chi connectivity index (χ0v) is 9.41. The van der Waals surface area contributed by atoms with Crippen LogP contribution in [-0.2, 0) is 0 Å². The maximum atomic E-state index is 11.6. The molecule has 0 fully saturated rings. The van der Waals surface area contributed by atoms with E-state index < -0.39 is 0 Å². The molecule has 0 aliphatic rings. The number of hydrogen-bond donors (Lipinski definition) is 2. The maximum absolute atomic E-state index is 11.6. The molecule has 1 amide bonds. The molecule has 84 valence electrons. The highest BCUT2D eigenvalue weighted by molar-refractivity contribution is 6.32. The molecular formula is C10H14ClNO3. The number of aliphatic hydroxyl groups excluding tert-OH is 1. The van der Waals surface area contributed by atoms with Crippen LogP contribution in [0.2, 0.25) is 5.22 Å². The molecule has 0 spiro atoms. The summed E-state index contributed by atoms with van der Waals surface area (Å²) < 4.78 is 4.81. The number of furan rings is 1. The molecule has 0 aromatic carbocycles. The van der Waals surface area contributed by atoms with Gasteiger partial charge in [0.05, 0.1) is 11.8 Å². The summed E-state index contributed by atoms with van der Waals surface area (Å²) in [5, 5.41) is 11.7. The third-order valence-corrected chi connectivity index (χ3v) is 2.66. The molecular weight excluding hydrogens is 218 g/mol. The first kappa shape index (κ1) is 12.1. The fraction of sp³-hybridized carbons (Fsp3) is 0.500. The third kappa shape index (κ3) is 2.97. The van der Waals surface area contributed by atoms with Gasteiger partial charge in [-0.2, -0.15) is 0 Å². The standard InChI is InChI=1S/C10H14ClNO3/c1-6(5-13)7(2)12-10(14)8-3-4-15-9(8)11/h3-4,6-7,13H,5H2,1-2H3,(H,12,14). The van der Waals surface area contributed by atoms with E-state index in [1.165, 1.54) is 12.3 Å². The van der Waals surface area contributed by atoms with E-state index in [2.05, 4.69) is 5.32 Å². The molecule has 0 aliphatic heterocycles. The predicted molar refractivity (Wildman–Crippen MR) is 56.9 cm³/mol. The monoisotopic (exact) mass is 231 g/mol. The van der Waals surface area contributed by atoms with Crippen molar-refractivity contribution in [3.8, 4) is 0 Å². The van der Waals surface area contributed by atoms with Gasteiger partial charge in [-0.1, -0.05) is 6.92 Å². The van der Waals surface area contributed by atoms with Gasteiger partial charge in [0.25, 0.3) is 5.91 Å². The second-order valence-electron chi connectivity index (χ2n) is 3.53. The van der Waals surface area contributed by atoms with E-state index in [9.17, 15) is 4.79 Å². The van der Waals surface area contributed by atoms with E-state index in [0.717, 1.165) is 0 Å². The van der Waals surface area contributed by atoms with Crippen molar-refractivity contribution in [3.63, 3.8) is 0 Å². The fourth-order valence-corrected chi connectivity index (χ4v) is 1.24. The van der Waals surface area contributed by atoms with Gasteiger partial charge in [0.15, 0.2) is 0 Å². The van der Waals surface area contributed by atoms with Crippen LogP contribution in [0.25, 0.3) is 0 Å². The zero-order valence-electron chi connectivity index (χ0n) is 8.66. The topological polar surface area (TPSA) is 62.5 Å². The van der Waals surface area contributed by atoms with Crippen LogP contribution in [0.15, 0.2) is 16.7 Å². The average molecular weight is 232 g/mol. The Kier molecular flexibility index (Phi) is 4.17. The van der Waals surface area contributed by atoms with Gasteiger partial charge in [0.2, 0.25) is 5.22 Å². The van der Waals surface area contributed by atoms with Crippen molar-refractivity contribution >= 4 is 17.5 Å². The van der Waals surface area contributed by atoms with Gasteiger partial charge >= 0.3 is 0 Å². The number of aliphatic hydroxyl groups is 1. The average Bonchev–Trinajstić information content (AvgIpc) is 2.63. The number of halogens is 1. The zero-order chi connectivity index (χ0) is 11.4. The second kappa shape index (κ2) is 5.19. The summed E-state index contributed by atoms with van der Waals surface area (Å²) in [4.78, 5) is 11.6. The first-order chi connectivity index (χ1) is 7.06. The Bertz CT molecular complexity index is 337. The lowest BCUT2D eigenvalue weighted by Crippen LogP contribution is -2.38. The van der Waals surface area contributed by atoms with Gasteiger partial charge in [-0.3, -0.25) is 4.79 Å². The molecule has 0 aliphatic carbocycles. The molecule has 15 heavy (non-hydrogen) atoms. The SMILES string of the molecule is CC(CO)C(C)NC(=O)c1ccoc1Cl. The second-order valence-corrected chi connectivity index (χ2v) is 3.87. The van der Waals surface area contributed by atoms with Crippen molar-refractivity contribution in [1.29, 1.82) is 0 Å². The molecule has 4 nitrogen and oxygen atoms in total. The lowest BCUT2D eigenvalue weighted by Gasteiger charge is -2.18. The molecule has 2 atom stereocenters. The molecule has 1 aromatic rings. The molecule has 1 rings (SSSR count). The summed E-state index contributed by atoms with van der Waals surface area (Å²) in [7, 11) is 0. The van der Waals surface area contributed by atoms with E-state index in [1.54, 1.807) is 0 Å². The molecule has 0 radical (unpaired) electrons. The summed E-state index contributed by atoms with van der Waals surface area (Å²) in [6.45, 7) is 3.70. The van der Waals surface area contributed by atoms with Crippen LogP contribution >= 0.6 is 11.6 Å². The highest BCUT2D eigenvalue weighted by Crippen LogP contribution is 2.16. The Labute approximate surface area is 93.2 Å². The molecule has 0 bridgehead atoms. The van der Waals surface area contributed by atoms with Crippen LogP contribution < -0.4 is 5.32 Å². The minimum absolute atomic E-state index is 0.000346. The highest BCUT2D eigenvalue weighted by Gasteiger charge is 2.18. The van der Waals surface area contributed by atoms with Crippen molar-refractivity contribution in [1.82, 2.24) is 5.32 Å². The van der Waals surface area contributed by atoms with Gasteiger partial charge in [0.1, 0.15) is 0 Å². The summed E-state index contributed by atoms with van der Waals surface area (Å²) in [6.07, 6.45) is 1.36. The van der Waals surface area contributed by atoms with Crippen molar-refractivity contribution in [2.75, 3.05) is 6.61 Å². The fourth-order valence-electron chi connectivity index (χ4n) is 1.04. The largest absolute Gasteiger partial charge is 0.452 e. The molecule has 0 saturated carbocycles. The van der Waals surface area contributed by atoms with Crippen molar-refractivity contribution in [2.45, 2.75) is 19.9 Å². The van der Waals surface area contributed by atoms with E-state index in [4.69, 9.17) is 21.1 Å². The van der Waals surface area contributed by atoms with Gasteiger partial charge in [0, 0.05) is 12.6 Å². The number of amides is 1. The molecule has 2 N–H and O–H groups in total. The van der Waals surface area contributed by atoms with Crippen LogP contribution in [0.4, 0.5) is 0 Å². The third-order valence-electron chi connectivity index (χ3n) is 2.36. The number of rotatable bonds is 4. The lowest BCUT2D eigenvalue weighted by molar-refractivity contribution is 0.0916. The van der Waals surface area contributed by atoms with E-state index in [-0.39, 0.29) is 29.7 Å². The van der Waals surface area contributed by atoms with Crippen LogP contribution in [0.1, 0.15) is 24.2 Å². The van der Waals surface area contributed by atoms with Gasteiger partial charge in [-0.15, -0.1) is 0 Å². The van der Waals surface area contributed by atoms with Crippen LogP contribution in [0.3, 0.4) is 0 Å². The number of nitrogens with one attached hydrogen (secondary N) is 1. The van der Waals surface area contributed by atoms with Gasteiger partial charge < -0.3 is 14.8 Å². The van der Waals surface area contributed by atoms with Crippen molar-refractivity contribution in [3.05, 3.63) is 23.1 Å². The van der Waals surface area contributed by atoms with Crippen LogP contribution in [0, 0.1) is 5.92 Å². The molecule has 1 heterocycles. The Balaban J connectivity index is 2.60. The normalized spacial score (nSPS) is 14.7. The molecule has 1 aromatic heterocycles. The minimum atomic E-state index is -0.290. The Morgan fingerprint density at radius 1 is 1.67 bits per heavy atom.